The summed E-state index contributed by atoms with van der Waals surface area (Å²) < 4.78 is 77.7. The van der Waals surface area contributed by atoms with E-state index in [9.17, 15) is 31.4 Å². The van der Waals surface area contributed by atoms with Crippen LogP contribution in [0.25, 0.3) is 12.2 Å². The van der Waals surface area contributed by atoms with Crippen molar-refractivity contribution in [2.75, 3.05) is 0 Å². The van der Waals surface area contributed by atoms with Gasteiger partial charge in [0.25, 0.3) is 0 Å². The summed E-state index contributed by atoms with van der Waals surface area (Å²) in [4.78, 5) is 0. The standard InChI is InChI=1S/C19H14F6N4O/c20-18(21,22)14-6-12(7-15(9-14)19(23,24)25)2-1-11-3-4-17(30)13(5-11)8-16(10-26)28-29-27/h1-7,9,16,30H,8H2,(H2,27,28)/b2-1+. The molecule has 0 saturated heterocycles. The molecule has 0 bridgehead atoms. The molecular weight excluding hydrogens is 414 g/mol. The molecule has 1 unspecified atom stereocenters. The van der Waals surface area contributed by atoms with Crippen molar-refractivity contribution in [3.63, 3.8) is 0 Å². The van der Waals surface area contributed by atoms with Gasteiger partial charge in [0.1, 0.15) is 5.75 Å². The van der Waals surface area contributed by atoms with Crippen LogP contribution in [0.3, 0.4) is 0 Å². The van der Waals surface area contributed by atoms with Crippen LogP contribution in [-0.4, -0.2) is 11.1 Å². The molecular formula is C19H14F6N4O. The fourth-order valence-electron chi connectivity index (χ4n) is 2.54. The van der Waals surface area contributed by atoms with E-state index >= 15 is 0 Å². The SMILES string of the molecule is N#CC(Cc1cc(/C=C/c2cc(C(F)(F)F)cc(C(F)(F)F)c2)ccc1O)N=NN. The number of aromatic hydroxyl groups is 1. The van der Waals surface area contributed by atoms with Crippen LogP contribution in [0.1, 0.15) is 27.8 Å². The maximum Gasteiger partial charge on any atom is 0.416 e. The molecule has 30 heavy (non-hydrogen) atoms. The van der Waals surface area contributed by atoms with Gasteiger partial charge in [-0.3, -0.25) is 0 Å². The van der Waals surface area contributed by atoms with Gasteiger partial charge < -0.3 is 10.9 Å². The summed E-state index contributed by atoms with van der Waals surface area (Å²) in [7, 11) is 0. The molecule has 0 amide bonds. The molecule has 1 atom stereocenters. The van der Waals surface area contributed by atoms with Gasteiger partial charge in [0.15, 0.2) is 6.04 Å². The molecule has 2 aromatic rings. The zero-order valence-corrected chi connectivity index (χ0v) is 15.0. The lowest BCUT2D eigenvalue weighted by molar-refractivity contribution is -0.143. The van der Waals surface area contributed by atoms with Crippen LogP contribution >= 0.6 is 0 Å². The second-order valence-corrected chi connectivity index (χ2v) is 6.14. The molecule has 0 fully saturated rings. The number of nitrogens with two attached hydrogens (primary N) is 1. The summed E-state index contributed by atoms with van der Waals surface area (Å²) in [5.74, 6) is 4.73. The van der Waals surface area contributed by atoms with E-state index in [1.165, 1.54) is 24.3 Å². The molecule has 11 heteroatoms. The number of nitriles is 1. The van der Waals surface area contributed by atoms with Gasteiger partial charge in [0, 0.05) is 6.42 Å². The van der Waals surface area contributed by atoms with Crippen molar-refractivity contribution in [1.29, 1.82) is 5.26 Å². The van der Waals surface area contributed by atoms with Crippen LogP contribution in [0.2, 0.25) is 0 Å². The molecule has 2 rings (SSSR count). The van der Waals surface area contributed by atoms with Crippen molar-refractivity contribution in [3.8, 4) is 11.8 Å². The Morgan fingerprint density at radius 2 is 1.53 bits per heavy atom. The number of phenolic OH excluding ortho intramolecular Hbond substituents is 1. The van der Waals surface area contributed by atoms with Crippen LogP contribution in [-0.2, 0) is 18.8 Å². The van der Waals surface area contributed by atoms with Crippen LogP contribution in [0.15, 0.2) is 46.7 Å². The summed E-state index contributed by atoms with van der Waals surface area (Å²) in [6.45, 7) is 0. The Hall–Kier alpha value is -3.55. The van der Waals surface area contributed by atoms with Gasteiger partial charge in [-0.1, -0.05) is 23.4 Å². The molecule has 158 valence electrons. The lowest BCUT2D eigenvalue weighted by Gasteiger charge is -2.13. The van der Waals surface area contributed by atoms with E-state index < -0.39 is 29.5 Å². The molecule has 0 saturated carbocycles. The quantitative estimate of drug-likeness (QED) is 0.221. The molecule has 0 aliphatic rings. The zero-order chi connectivity index (χ0) is 22.5. The van der Waals surface area contributed by atoms with Crippen molar-refractivity contribution in [2.24, 2.45) is 16.2 Å². The van der Waals surface area contributed by atoms with Crippen molar-refractivity contribution in [2.45, 2.75) is 24.8 Å². The number of hydrogen-bond donors (Lipinski definition) is 2. The Labute approximate surface area is 166 Å². The fraction of sp³-hybridized carbons (Fsp3) is 0.211. The molecule has 0 heterocycles. The third-order valence-electron chi connectivity index (χ3n) is 3.95. The highest BCUT2D eigenvalue weighted by Crippen LogP contribution is 2.36. The third kappa shape index (κ3) is 5.97. The molecule has 5 nitrogen and oxygen atoms in total. The minimum Gasteiger partial charge on any atom is -0.508 e. The normalized spacial score (nSPS) is 13.6. The van der Waals surface area contributed by atoms with E-state index in [0.717, 1.165) is 6.08 Å². The van der Waals surface area contributed by atoms with Gasteiger partial charge in [-0.2, -0.15) is 36.7 Å². The number of rotatable bonds is 5. The van der Waals surface area contributed by atoms with Crippen molar-refractivity contribution in [3.05, 3.63) is 64.2 Å². The van der Waals surface area contributed by atoms with E-state index in [1.807, 2.05) is 6.07 Å². The van der Waals surface area contributed by atoms with Crippen LogP contribution in [0, 0.1) is 11.3 Å². The lowest BCUT2D eigenvalue weighted by Crippen LogP contribution is -2.11. The van der Waals surface area contributed by atoms with E-state index in [2.05, 4.69) is 10.3 Å². The Balaban J connectivity index is 2.40. The third-order valence-corrected chi connectivity index (χ3v) is 3.95. The number of hydrogen-bond acceptors (Lipinski definition) is 4. The topological polar surface area (TPSA) is 94.8 Å². The Morgan fingerprint density at radius 1 is 0.967 bits per heavy atom. The number of benzene rings is 2. The van der Waals surface area contributed by atoms with Crippen molar-refractivity contribution >= 4 is 12.2 Å². The maximum absolute atomic E-state index is 12.9. The first-order valence-corrected chi connectivity index (χ1v) is 8.23. The summed E-state index contributed by atoms with van der Waals surface area (Å²) in [6, 6.07) is 6.17. The van der Waals surface area contributed by atoms with Gasteiger partial charge in [0.05, 0.1) is 17.2 Å². The lowest BCUT2D eigenvalue weighted by atomic mass is 10.0. The van der Waals surface area contributed by atoms with Crippen molar-refractivity contribution in [1.82, 2.24) is 0 Å². The minimum atomic E-state index is -4.95. The average molecular weight is 428 g/mol. The number of nitrogens with zero attached hydrogens (tertiary/aromatic N) is 3. The first-order valence-electron chi connectivity index (χ1n) is 8.23. The predicted molar refractivity (Wildman–Crippen MR) is 95.6 cm³/mol. The Kier molecular flexibility index (Phi) is 6.71. The fourth-order valence-corrected chi connectivity index (χ4v) is 2.54. The minimum absolute atomic E-state index is 0.0457. The van der Waals surface area contributed by atoms with Crippen LogP contribution in [0.5, 0.6) is 5.75 Å². The van der Waals surface area contributed by atoms with Crippen LogP contribution in [0.4, 0.5) is 26.3 Å². The van der Waals surface area contributed by atoms with E-state index in [4.69, 9.17) is 11.1 Å². The number of phenols is 1. The summed E-state index contributed by atoms with van der Waals surface area (Å²) in [5, 5.41) is 25.4. The van der Waals surface area contributed by atoms with E-state index in [1.54, 1.807) is 0 Å². The predicted octanol–water partition coefficient (Wildman–Crippen LogP) is 5.36. The molecule has 0 radical (unpaired) electrons. The highest BCUT2D eigenvalue weighted by Gasteiger charge is 2.36. The smallest absolute Gasteiger partial charge is 0.416 e. The highest BCUT2D eigenvalue weighted by molar-refractivity contribution is 5.71. The molecule has 0 aromatic heterocycles. The zero-order valence-electron chi connectivity index (χ0n) is 15.0. The summed E-state index contributed by atoms with van der Waals surface area (Å²) >= 11 is 0. The second-order valence-electron chi connectivity index (χ2n) is 6.14. The maximum atomic E-state index is 12.9. The van der Waals surface area contributed by atoms with Gasteiger partial charge in [-0.25, -0.2) is 0 Å². The first-order chi connectivity index (χ1) is 13.9. The summed E-state index contributed by atoms with van der Waals surface area (Å²) in [5.41, 5.74) is -2.51. The van der Waals surface area contributed by atoms with Crippen molar-refractivity contribution < 1.29 is 31.4 Å². The molecule has 3 N–H and O–H groups in total. The first kappa shape index (κ1) is 22.7. The molecule has 0 aliphatic heterocycles. The highest BCUT2D eigenvalue weighted by atomic mass is 19.4. The average Bonchev–Trinajstić information content (AvgIpc) is 2.66. The Bertz CT molecular complexity index is 973. The van der Waals surface area contributed by atoms with E-state index in [-0.39, 0.29) is 29.4 Å². The van der Waals surface area contributed by atoms with Gasteiger partial charge in [0.2, 0.25) is 0 Å². The molecule has 0 spiro atoms. The molecule has 2 aromatic carbocycles. The number of alkyl halides is 6. The molecule has 0 aliphatic carbocycles. The monoisotopic (exact) mass is 428 g/mol. The van der Waals surface area contributed by atoms with Crippen LogP contribution < -0.4 is 5.84 Å². The summed E-state index contributed by atoms with van der Waals surface area (Å²) in [6.07, 6.45) is -7.57. The number of halogens is 6. The Morgan fingerprint density at radius 3 is 2.03 bits per heavy atom. The van der Waals surface area contributed by atoms with Gasteiger partial charge >= 0.3 is 12.4 Å². The van der Waals surface area contributed by atoms with Gasteiger partial charge in [-0.15, -0.1) is 0 Å². The second kappa shape index (κ2) is 8.86. The van der Waals surface area contributed by atoms with Gasteiger partial charge in [-0.05, 0) is 47.0 Å². The van der Waals surface area contributed by atoms with E-state index in [0.29, 0.717) is 17.7 Å². The largest absolute Gasteiger partial charge is 0.508 e.